The Kier molecular flexibility index (Phi) is 7.19. The second-order valence-corrected chi connectivity index (χ2v) is 9.16. The van der Waals surface area contributed by atoms with Gasteiger partial charge in [-0.05, 0) is 48.0 Å². The zero-order valence-electron chi connectivity index (χ0n) is 17.6. The molecule has 0 spiro atoms. The molecule has 172 valence electrons. The minimum atomic E-state index is -4.05. The molecule has 9 nitrogen and oxygen atoms in total. The van der Waals surface area contributed by atoms with E-state index in [4.69, 9.17) is 21.1 Å². The Bertz CT molecular complexity index is 1290. The first-order valence-corrected chi connectivity index (χ1v) is 11.3. The fourth-order valence-corrected chi connectivity index (χ4v) is 4.37. The SMILES string of the molecule is COc1ccccc1N(C)S(=O)(=O)c1ccc(Cl)c(C(=O)OCc2ccc([N+](=O)[O-])cc2)c1. The number of nitro groups is 1. The van der Waals surface area contributed by atoms with Crippen molar-refractivity contribution in [1.29, 1.82) is 0 Å². The third-order valence-corrected chi connectivity index (χ3v) is 6.85. The van der Waals surface area contributed by atoms with E-state index in [2.05, 4.69) is 0 Å². The van der Waals surface area contributed by atoms with Crippen LogP contribution in [0.1, 0.15) is 15.9 Å². The molecule has 0 aliphatic carbocycles. The van der Waals surface area contributed by atoms with Crippen LogP contribution in [0.5, 0.6) is 5.75 Å². The van der Waals surface area contributed by atoms with Crippen molar-refractivity contribution >= 4 is 39.0 Å². The van der Waals surface area contributed by atoms with Crippen molar-refractivity contribution in [2.45, 2.75) is 11.5 Å². The number of para-hydroxylation sites is 2. The average molecular weight is 491 g/mol. The van der Waals surface area contributed by atoms with Gasteiger partial charge in [0, 0.05) is 19.2 Å². The van der Waals surface area contributed by atoms with Crippen molar-refractivity contribution in [3.63, 3.8) is 0 Å². The third kappa shape index (κ3) is 5.24. The van der Waals surface area contributed by atoms with Gasteiger partial charge in [-0.1, -0.05) is 23.7 Å². The monoisotopic (exact) mass is 490 g/mol. The summed E-state index contributed by atoms with van der Waals surface area (Å²) in [5.74, 6) is -0.476. The van der Waals surface area contributed by atoms with Gasteiger partial charge in [-0.2, -0.15) is 0 Å². The second-order valence-electron chi connectivity index (χ2n) is 6.79. The maximum absolute atomic E-state index is 13.2. The molecule has 11 heteroatoms. The minimum Gasteiger partial charge on any atom is -0.495 e. The molecule has 3 aromatic rings. The van der Waals surface area contributed by atoms with Crippen LogP contribution in [0.3, 0.4) is 0 Å². The van der Waals surface area contributed by atoms with E-state index in [-0.39, 0.29) is 27.8 Å². The number of methoxy groups -OCH3 is 1. The van der Waals surface area contributed by atoms with Crippen LogP contribution in [-0.2, 0) is 21.4 Å². The summed E-state index contributed by atoms with van der Waals surface area (Å²) in [4.78, 5) is 22.6. The summed E-state index contributed by atoms with van der Waals surface area (Å²) in [6.45, 7) is -0.175. The normalized spacial score (nSPS) is 11.0. The summed E-state index contributed by atoms with van der Waals surface area (Å²) in [5, 5.41) is 10.8. The fraction of sp³-hybridized carbons (Fsp3) is 0.136. The van der Waals surface area contributed by atoms with Crippen molar-refractivity contribution in [2.24, 2.45) is 0 Å². The fourth-order valence-electron chi connectivity index (χ4n) is 2.94. The molecule has 0 aromatic heterocycles. The topological polar surface area (TPSA) is 116 Å². The molecule has 0 bridgehead atoms. The Hall–Kier alpha value is -3.63. The second kappa shape index (κ2) is 9.88. The Morgan fingerprint density at radius 1 is 1.09 bits per heavy atom. The first kappa shape index (κ1) is 24.0. The molecule has 0 radical (unpaired) electrons. The Morgan fingerprint density at radius 2 is 1.76 bits per heavy atom. The van der Waals surface area contributed by atoms with E-state index in [1.807, 2.05) is 0 Å². The summed E-state index contributed by atoms with van der Waals surface area (Å²) < 4.78 is 37.8. The highest BCUT2D eigenvalue weighted by molar-refractivity contribution is 7.92. The number of sulfonamides is 1. The molecule has 3 aromatic carbocycles. The van der Waals surface area contributed by atoms with Crippen LogP contribution in [0.25, 0.3) is 0 Å². The number of non-ortho nitro benzene ring substituents is 1. The number of hydrogen-bond acceptors (Lipinski definition) is 7. The predicted molar refractivity (Wildman–Crippen MR) is 122 cm³/mol. The quantitative estimate of drug-likeness (QED) is 0.260. The highest BCUT2D eigenvalue weighted by Gasteiger charge is 2.26. The van der Waals surface area contributed by atoms with Crippen LogP contribution < -0.4 is 9.04 Å². The Balaban J connectivity index is 1.83. The average Bonchev–Trinajstić information content (AvgIpc) is 2.82. The highest BCUT2D eigenvalue weighted by Crippen LogP contribution is 2.32. The number of esters is 1. The van der Waals surface area contributed by atoms with Gasteiger partial charge in [0.05, 0.1) is 33.2 Å². The highest BCUT2D eigenvalue weighted by atomic mass is 35.5. The number of anilines is 1. The maximum atomic E-state index is 13.2. The maximum Gasteiger partial charge on any atom is 0.340 e. The van der Waals surface area contributed by atoms with Gasteiger partial charge in [-0.15, -0.1) is 0 Å². The molecular formula is C22H19ClN2O7S. The van der Waals surface area contributed by atoms with Crippen molar-refractivity contribution < 1.29 is 27.6 Å². The molecule has 0 amide bonds. The Labute approximate surface area is 195 Å². The number of ether oxygens (including phenoxy) is 2. The predicted octanol–water partition coefficient (Wildman–Crippen LogP) is 4.44. The summed E-state index contributed by atoms with van der Waals surface area (Å²) in [6.07, 6.45) is 0. The van der Waals surface area contributed by atoms with Crippen LogP contribution in [0, 0.1) is 10.1 Å². The van der Waals surface area contributed by atoms with E-state index in [9.17, 15) is 23.3 Å². The molecule has 0 fully saturated rings. The lowest BCUT2D eigenvalue weighted by atomic mass is 10.2. The van der Waals surface area contributed by atoms with E-state index in [1.54, 1.807) is 24.3 Å². The number of halogens is 1. The van der Waals surface area contributed by atoms with E-state index in [0.29, 0.717) is 17.0 Å². The van der Waals surface area contributed by atoms with E-state index < -0.39 is 20.9 Å². The zero-order valence-corrected chi connectivity index (χ0v) is 19.2. The smallest absolute Gasteiger partial charge is 0.340 e. The summed E-state index contributed by atoms with van der Waals surface area (Å²) in [6, 6.07) is 15.8. The number of rotatable bonds is 8. The minimum absolute atomic E-state index is 0.0163. The first-order chi connectivity index (χ1) is 15.6. The molecular weight excluding hydrogens is 472 g/mol. The number of hydrogen-bond donors (Lipinski definition) is 0. The van der Waals surface area contributed by atoms with Crippen LogP contribution >= 0.6 is 11.6 Å². The number of nitrogens with zero attached hydrogens (tertiary/aromatic N) is 2. The standard InChI is InChI=1S/C22H19ClN2O7S/c1-24(20-5-3-4-6-21(20)31-2)33(29,30)17-11-12-19(23)18(13-17)22(26)32-14-15-7-9-16(10-8-15)25(27)28/h3-13H,14H2,1-2H3. The van der Waals surface area contributed by atoms with Crippen molar-refractivity contribution in [2.75, 3.05) is 18.5 Å². The number of carbonyl (C=O) groups excluding carboxylic acids is 1. The summed E-state index contributed by atoms with van der Waals surface area (Å²) >= 11 is 6.12. The third-order valence-electron chi connectivity index (χ3n) is 4.76. The lowest BCUT2D eigenvalue weighted by Crippen LogP contribution is -2.27. The number of carbonyl (C=O) groups is 1. The first-order valence-electron chi connectivity index (χ1n) is 9.47. The van der Waals surface area contributed by atoms with Gasteiger partial charge in [0.2, 0.25) is 0 Å². The van der Waals surface area contributed by atoms with Crippen LogP contribution in [0.4, 0.5) is 11.4 Å². The van der Waals surface area contributed by atoms with Crippen molar-refractivity contribution in [1.82, 2.24) is 0 Å². The molecule has 0 atom stereocenters. The number of nitro benzene ring substituents is 1. The van der Waals surface area contributed by atoms with Gasteiger partial charge in [0.15, 0.2) is 0 Å². The van der Waals surface area contributed by atoms with Gasteiger partial charge in [0.1, 0.15) is 12.4 Å². The summed E-state index contributed by atoms with van der Waals surface area (Å²) in [7, 11) is -1.25. The van der Waals surface area contributed by atoms with Gasteiger partial charge in [0.25, 0.3) is 15.7 Å². The van der Waals surface area contributed by atoms with E-state index >= 15 is 0 Å². The lowest BCUT2D eigenvalue weighted by Gasteiger charge is -2.22. The van der Waals surface area contributed by atoms with Gasteiger partial charge < -0.3 is 9.47 Å². The molecule has 3 rings (SSSR count). The van der Waals surface area contributed by atoms with Gasteiger partial charge in [-0.3, -0.25) is 14.4 Å². The van der Waals surface area contributed by atoms with Gasteiger partial charge in [-0.25, -0.2) is 13.2 Å². The van der Waals surface area contributed by atoms with Crippen molar-refractivity contribution in [3.8, 4) is 5.75 Å². The van der Waals surface area contributed by atoms with E-state index in [1.165, 1.54) is 50.6 Å². The van der Waals surface area contributed by atoms with Crippen LogP contribution in [-0.4, -0.2) is 33.5 Å². The summed E-state index contributed by atoms with van der Waals surface area (Å²) in [5.41, 5.74) is 0.611. The van der Waals surface area contributed by atoms with Crippen molar-refractivity contribution in [3.05, 3.63) is 93.0 Å². The lowest BCUT2D eigenvalue weighted by molar-refractivity contribution is -0.384. The number of benzene rings is 3. The van der Waals surface area contributed by atoms with E-state index in [0.717, 1.165) is 10.4 Å². The van der Waals surface area contributed by atoms with Crippen LogP contribution in [0.2, 0.25) is 5.02 Å². The van der Waals surface area contributed by atoms with Crippen LogP contribution in [0.15, 0.2) is 71.6 Å². The molecule has 0 aliphatic heterocycles. The molecule has 0 saturated heterocycles. The zero-order chi connectivity index (χ0) is 24.2. The molecule has 0 saturated carbocycles. The molecule has 33 heavy (non-hydrogen) atoms. The largest absolute Gasteiger partial charge is 0.495 e. The molecule has 0 N–H and O–H groups in total. The molecule has 0 unspecified atom stereocenters. The van der Waals surface area contributed by atoms with Gasteiger partial charge >= 0.3 is 5.97 Å². The Morgan fingerprint density at radius 3 is 2.39 bits per heavy atom. The molecule has 0 heterocycles. The molecule has 0 aliphatic rings.